The van der Waals surface area contributed by atoms with E-state index in [4.69, 9.17) is 9.57 Å². The summed E-state index contributed by atoms with van der Waals surface area (Å²) in [6, 6.07) is 33.0. The lowest BCUT2D eigenvalue weighted by molar-refractivity contribution is -0.134. The summed E-state index contributed by atoms with van der Waals surface area (Å²) >= 11 is 0. The van der Waals surface area contributed by atoms with Crippen LogP contribution < -0.4 is 20.9 Å². The lowest BCUT2D eigenvalue weighted by atomic mass is 10.00. The number of likely N-dealkylation sites (N-methyl/N-ethyl adjacent to an activating group) is 2. The smallest absolute Gasteiger partial charge is 0.410 e. The van der Waals surface area contributed by atoms with Crippen molar-refractivity contribution < 1.29 is 28.8 Å². The maximum atomic E-state index is 12.8. The highest BCUT2D eigenvalue weighted by Gasteiger charge is 2.41. The van der Waals surface area contributed by atoms with Gasteiger partial charge in [0.2, 0.25) is 11.8 Å². The quantitative estimate of drug-likeness (QED) is 0.0689. The largest absolute Gasteiger partial charge is 0.415 e. The SMILES string of the molecule is CNC(=O)c1cccc(-c2ccc([C@@H]3C[C@H]3N(C)CCN(C)C(=O)Oc3ccc(CONC(=O)CCCCCCC(=O)Nc4ccccc4)cc3)cc2)c1. The molecule has 3 N–H and O–H groups in total. The molecule has 1 aliphatic rings. The number of hydrogen-bond donors (Lipinski definition) is 3. The molecule has 1 fully saturated rings. The Labute approximate surface area is 318 Å². The van der Waals surface area contributed by atoms with Crippen LogP contribution in [-0.2, 0) is 21.0 Å². The van der Waals surface area contributed by atoms with E-state index in [9.17, 15) is 19.2 Å². The number of hydroxylamine groups is 1. The van der Waals surface area contributed by atoms with Crippen molar-refractivity contribution in [2.45, 2.75) is 63.5 Å². The van der Waals surface area contributed by atoms with Gasteiger partial charge in [0.15, 0.2) is 0 Å². The molecule has 0 bridgehead atoms. The van der Waals surface area contributed by atoms with Gasteiger partial charge in [-0.25, -0.2) is 10.3 Å². The Morgan fingerprint density at radius 1 is 0.741 bits per heavy atom. The number of carbonyl (C=O) groups excluding carboxylic acids is 4. The van der Waals surface area contributed by atoms with Crippen LogP contribution in [0.15, 0.2) is 103 Å². The van der Waals surface area contributed by atoms with Crippen molar-refractivity contribution in [2.24, 2.45) is 0 Å². The second kappa shape index (κ2) is 20.1. The molecular weight excluding hydrogens is 683 g/mol. The highest BCUT2D eigenvalue weighted by atomic mass is 16.6. The number of ether oxygens (including phenoxy) is 1. The lowest BCUT2D eigenvalue weighted by Crippen LogP contribution is -2.37. The topological polar surface area (TPSA) is 129 Å². The van der Waals surface area contributed by atoms with E-state index in [1.807, 2.05) is 54.6 Å². The van der Waals surface area contributed by atoms with E-state index in [2.05, 4.69) is 52.3 Å². The number of para-hydroxylation sites is 1. The molecule has 1 saturated carbocycles. The Balaban J connectivity index is 0.922. The second-order valence-corrected chi connectivity index (χ2v) is 13.7. The molecule has 5 rings (SSSR count). The molecule has 0 spiro atoms. The molecule has 4 amide bonds. The molecule has 11 nitrogen and oxygen atoms in total. The standard InChI is InChI=1S/C43H51N5O6/c1-44-42(51)35-13-11-12-34(28-35)32-20-22-33(23-21-32)38-29-39(38)47(2)26-27-48(3)43(52)54-37-24-18-31(19-25-37)30-53-46-41(50)17-10-5-4-9-16-40(49)45-36-14-7-6-8-15-36/h6-8,11-15,18-25,28,38-39H,4-5,9-10,16-17,26-27,29-30H2,1-3H3,(H,44,51)(H,45,49)(H,46,50)/t38-,39+/m0/s1. The van der Waals surface area contributed by atoms with E-state index in [0.29, 0.717) is 49.2 Å². The first-order valence-corrected chi connectivity index (χ1v) is 18.6. The minimum atomic E-state index is -0.432. The van der Waals surface area contributed by atoms with Crippen molar-refractivity contribution in [2.75, 3.05) is 39.5 Å². The summed E-state index contributed by atoms with van der Waals surface area (Å²) in [5.74, 6) is 0.577. The zero-order chi connectivity index (χ0) is 38.3. The lowest BCUT2D eigenvalue weighted by Gasteiger charge is -2.22. The molecular formula is C43H51N5O6. The Kier molecular flexibility index (Phi) is 14.8. The minimum Gasteiger partial charge on any atom is -0.410 e. The van der Waals surface area contributed by atoms with E-state index < -0.39 is 6.09 Å². The number of amides is 4. The number of nitrogens with zero attached hydrogens (tertiary/aromatic N) is 2. The number of anilines is 1. The fourth-order valence-electron chi connectivity index (χ4n) is 6.25. The van der Waals surface area contributed by atoms with Crippen LogP contribution in [0, 0.1) is 0 Å². The predicted octanol–water partition coefficient (Wildman–Crippen LogP) is 7.16. The van der Waals surface area contributed by atoms with Crippen molar-refractivity contribution in [3.8, 4) is 16.9 Å². The maximum absolute atomic E-state index is 12.8. The molecule has 284 valence electrons. The van der Waals surface area contributed by atoms with Crippen molar-refractivity contribution in [3.05, 3.63) is 120 Å². The van der Waals surface area contributed by atoms with Gasteiger partial charge in [-0.1, -0.05) is 79.6 Å². The highest BCUT2D eigenvalue weighted by Crippen LogP contribution is 2.44. The van der Waals surface area contributed by atoms with E-state index in [-0.39, 0.29) is 24.3 Å². The Hall–Kier alpha value is -5.52. The Bertz CT molecular complexity index is 1830. The second-order valence-electron chi connectivity index (χ2n) is 13.7. The third kappa shape index (κ3) is 12.3. The van der Waals surface area contributed by atoms with Crippen LogP contribution in [0.3, 0.4) is 0 Å². The summed E-state index contributed by atoms with van der Waals surface area (Å²) in [7, 11) is 5.45. The normalized spacial score (nSPS) is 14.6. The van der Waals surface area contributed by atoms with Gasteiger partial charge in [-0.15, -0.1) is 0 Å². The monoisotopic (exact) mass is 733 g/mol. The molecule has 1 aliphatic carbocycles. The van der Waals surface area contributed by atoms with E-state index in [1.165, 1.54) is 5.56 Å². The molecule has 2 atom stereocenters. The average molecular weight is 734 g/mol. The van der Waals surface area contributed by atoms with Crippen LogP contribution in [0.4, 0.5) is 10.5 Å². The van der Waals surface area contributed by atoms with Gasteiger partial charge in [0.25, 0.3) is 5.91 Å². The molecule has 0 saturated heterocycles. The van der Waals surface area contributed by atoms with E-state index in [0.717, 1.165) is 54.5 Å². The molecule has 0 heterocycles. The van der Waals surface area contributed by atoms with Gasteiger partial charge >= 0.3 is 6.09 Å². The molecule has 4 aromatic carbocycles. The van der Waals surface area contributed by atoms with E-state index >= 15 is 0 Å². The van der Waals surface area contributed by atoms with Crippen LogP contribution in [0.25, 0.3) is 11.1 Å². The van der Waals surface area contributed by atoms with Gasteiger partial charge in [-0.3, -0.25) is 19.2 Å². The van der Waals surface area contributed by atoms with Crippen LogP contribution in [0.2, 0.25) is 0 Å². The molecule has 11 heteroatoms. The fraction of sp³-hybridized carbons (Fsp3) is 0.349. The van der Waals surface area contributed by atoms with Gasteiger partial charge in [0.05, 0.1) is 6.61 Å². The molecule has 4 aromatic rings. The summed E-state index contributed by atoms with van der Waals surface area (Å²) in [4.78, 5) is 58.2. The first-order valence-electron chi connectivity index (χ1n) is 18.6. The fourth-order valence-corrected chi connectivity index (χ4v) is 6.25. The Morgan fingerprint density at radius 2 is 1.44 bits per heavy atom. The van der Waals surface area contributed by atoms with Crippen molar-refractivity contribution in [3.63, 3.8) is 0 Å². The minimum absolute atomic E-state index is 0.00212. The van der Waals surface area contributed by atoms with Gasteiger partial charge in [-0.2, -0.15) is 0 Å². The van der Waals surface area contributed by atoms with Crippen LogP contribution in [-0.4, -0.2) is 73.9 Å². The summed E-state index contributed by atoms with van der Waals surface area (Å²) in [5, 5.41) is 5.55. The molecule has 0 unspecified atom stereocenters. The maximum Gasteiger partial charge on any atom is 0.415 e. The average Bonchev–Trinajstić information content (AvgIpc) is 4.00. The third-order valence-corrected chi connectivity index (χ3v) is 9.62. The number of hydrogen-bond acceptors (Lipinski definition) is 7. The van der Waals surface area contributed by atoms with Crippen molar-refractivity contribution >= 4 is 29.5 Å². The zero-order valence-electron chi connectivity index (χ0n) is 31.4. The zero-order valence-corrected chi connectivity index (χ0v) is 31.4. The van der Waals surface area contributed by atoms with Crippen LogP contribution in [0.5, 0.6) is 5.75 Å². The number of carbonyl (C=O) groups is 4. The molecule has 0 aliphatic heterocycles. The van der Waals surface area contributed by atoms with Gasteiger partial charge in [0.1, 0.15) is 5.75 Å². The number of benzene rings is 4. The van der Waals surface area contributed by atoms with Crippen molar-refractivity contribution in [1.82, 2.24) is 20.6 Å². The Morgan fingerprint density at radius 3 is 2.15 bits per heavy atom. The van der Waals surface area contributed by atoms with Gasteiger partial charge < -0.3 is 25.2 Å². The highest BCUT2D eigenvalue weighted by molar-refractivity contribution is 5.95. The number of nitrogens with one attached hydrogen (secondary N) is 3. The summed E-state index contributed by atoms with van der Waals surface area (Å²) in [5.41, 5.74) is 8.10. The molecule has 0 radical (unpaired) electrons. The summed E-state index contributed by atoms with van der Waals surface area (Å²) in [6.45, 7) is 1.42. The van der Waals surface area contributed by atoms with Gasteiger partial charge in [0, 0.05) is 63.2 Å². The van der Waals surface area contributed by atoms with Crippen LogP contribution in [0.1, 0.15) is 72.3 Å². The van der Waals surface area contributed by atoms with Gasteiger partial charge in [-0.05, 0) is 85.0 Å². The third-order valence-electron chi connectivity index (χ3n) is 9.62. The van der Waals surface area contributed by atoms with E-state index in [1.54, 1.807) is 43.3 Å². The molecule has 54 heavy (non-hydrogen) atoms. The number of rotatable bonds is 19. The predicted molar refractivity (Wildman–Crippen MR) is 210 cm³/mol. The first-order chi connectivity index (χ1) is 26.2. The number of unbranched alkanes of at least 4 members (excludes halogenated alkanes) is 3. The van der Waals surface area contributed by atoms with Crippen LogP contribution >= 0.6 is 0 Å². The van der Waals surface area contributed by atoms with Crippen molar-refractivity contribution in [1.29, 1.82) is 0 Å². The summed E-state index contributed by atoms with van der Waals surface area (Å²) in [6.07, 6.45) is 4.66. The molecule has 0 aromatic heterocycles. The summed E-state index contributed by atoms with van der Waals surface area (Å²) < 4.78 is 5.57. The first kappa shape index (κ1) is 39.7.